The molecular weight excluding hydrogens is 388 g/mol. The summed E-state index contributed by atoms with van der Waals surface area (Å²) in [5.74, 6) is 1.16. The van der Waals surface area contributed by atoms with Crippen molar-refractivity contribution in [2.24, 2.45) is 0 Å². The van der Waals surface area contributed by atoms with Crippen LogP contribution in [0.3, 0.4) is 0 Å². The third kappa shape index (κ3) is 8.40. The number of alkyl halides is 6. The van der Waals surface area contributed by atoms with Gasteiger partial charge in [0.25, 0.3) is 0 Å². The molecule has 0 fully saturated rings. The Morgan fingerprint density at radius 3 is 2.04 bits per heavy atom. The zero-order valence-corrected chi connectivity index (χ0v) is 15.5. The van der Waals surface area contributed by atoms with Crippen LogP contribution < -0.4 is 10.6 Å². The Morgan fingerprint density at radius 2 is 1.54 bits per heavy atom. The largest absolute Gasteiger partial charge is 0.416 e. The maximum absolute atomic E-state index is 12.7. The second-order valence-electron chi connectivity index (χ2n) is 5.57. The van der Waals surface area contributed by atoms with Crippen LogP contribution in [0.15, 0.2) is 24.3 Å². The molecule has 0 radical (unpaired) electrons. The first kappa shape index (κ1) is 23.4. The van der Waals surface area contributed by atoms with Crippen LogP contribution in [0.2, 0.25) is 0 Å². The van der Waals surface area contributed by atoms with Gasteiger partial charge in [0, 0.05) is 25.6 Å². The van der Waals surface area contributed by atoms with Crippen LogP contribution in [0.1, 0.15) is 38.1 Å². The molecule has 0 bridgehead atoms. The predicted octanol–water partition coefficient (Wildman–Crippen LogP) is 5.59. The molecule has 2 rings (SSSR count). The molecule has 0 amide bonds. The molecule has 5 nitrogen and oxygen atoms in total. The fourth-order valence-electron chi connectivity index (χ4n) is 1.83. The zero-order chi connectivity index (χ0) is 21.4. The van der Waals surface area contributed by atoms with E-state index in [1.807, 2.05) is 6.92 Å². The molecule has 156 valence electrons. The molecule has 1 heterocycles. The van der Waals surface area contributed by atoms with Crippen molar-refractivity contribution in [3.05, 3.63) is 35.7 Å². The summed E-state index contributed by atoms with van der Waals surface area (Å²) in [5, 5.41) is 5.59. The molecule has 1 aromatic heterocycles. The average molecular weight is 409 g/mol. The van der Waals surface area contributed by atoms with Gasteiger partial charge in [-0.3, -0.25) is 0 Å². The highest BCUT2D eigenvalue weighted by Gasteiger charge is 2.30. The summed E-state index contributed by atoms with van der Waals surface area (Å²) in [6.45, 7) is 3.07. The van der Waals surface area contributed by atoms with Gasteiger partial charge < -0.3 is 10.6 Å². The van der Waals surface area contributed by atoms with Crippen molar-refractivity contribution in [2.45, 2.75) is 45.5 Å². The minimum atomic E-state index is -4.39. The molecule has 2 N–H and O–H groups in total. The van der Waals surface area contributed by atoms with Crippen molar-refractivity contribution in [1.82, 2.24) is 15.0 Å². The Hall–Kier alpha value is -2.59. The van der Waals surface area contributed by atoms with E-state index < -0.39 is 24.3 Å². The summed E-state index contributed by atoms with van der Waals surface area (Å²) in [6, 6.07) is 4.89. The van der Waals surface area contributed by atoms with Gasteiger partial charge in [-0.25, -0.2) is 0 Å². The SMILES string of the molecule is CCC(F)(F)F.CCCc1nc(NC)nc(Nc2cccc(C(F)(F)F)c2)n1. The van der Waals surface area contributed by atoms with E-state index in [0.29, 0.717) is 18.2 Å². The number of benzene rings is 1. The lowest BCUT2D eigenvalue weighted by Crippen LogP contribution is -2.08. The van der Waals surface area contributed by atoms with E-state index >= 15 is 0 Å². The first-order valence-electron chi connectivity index (χ1n) is 8.42. The second kappa shape index (κ2) is 10.1. The molecule has 0 unspecified atom stereocenters. The van der Waals surface area contributed by atoms with Gasteiger partial charge in [0.05, 0.1) is 5.56 Å². The number of aryl methyl sites for hydroxylation is 1. The van der Waals surface area contributed by atoms with Gasteiger partial charge in [-0.05, 0) is 24.6 Å². The molecule has 0 saturated heterocycles. The van der Waals surface area contributed by atoms with Gasteiger partial charge in [-0.15, -0.1) is 0 Å². The average Bonchev–Trinajstić information content (AvgIpc) is 2.61. The Labute approximate surface area is 158 Å². The molecule has 11 heteroatoms. The molecule has 0 aliphatic carbocycles. The van der Waals surface area contributed by atoms with Crippen LogP contribution >= 0.6 is 0 Å². The number of nitrogens with zero attached hydrogens (tertiary/aromatic N) is 3. The van der Waals surface area contributed by atoms with E-state index in [2.05, 4.69) is 25.6 Å². The van der Waals surface area contributed by atoms with Crippen LogP contribution in [-0.4, -0.2) is 28.2 Å². The molecule has 0 aliphatic rings. The fourth-order valence-corrected chi connectivity index (χ4v) is 1.83. The fraction of sp³-hybridized carbons (Fsp3) is 0.471. The molecule has 0 spiro atoms. The Kier molecular flexibility index (Phi) is 8.45. The lowest BCUT2D eigenvalue weighted by Gasteiger charge is -2.11. The van der Waals surface area contributed by atoms with Crippen molar-refractivity contribution < 1.29 is 26.3 Å². The number of rotatable bonds is 5. The van der Waals surface area contributed by atoms with E-state index in [-0.39, 0.29) is 11.6 Å². The maximum atomic E-state index is 12.7. The highest BCUT2D eigenvalue weighted by atomic mass is 19.4. The molecule has 28 heavy (non-hydrogen) atoms. The Morgan fingerprint density at radius 1 is 0.929 bits per heavy atom. The molecular formula is C17H21F6N5. The summed E-state index contributed by atoms with van der Waals surface area (Å²) in [6.07, 6.45) is -7.56. The summed E-state index contributed by atoms with van der Waals surface area (Å²) >= 11 is 0. The number of anilines is 3. The highest BCUT2D eigenvalue weighted by Crippen LogP contribution is 2.31. The Balaban J connectivity index is 0.000000568. The number of halogens is 6. The summed E-state index contributed by atoms with van der Waals surface area (Å²) in [5.41, 5.74) is -0.459. The first-order valence-corrected chi connectivity index (χ1v) is 8.42. The van der Waals surface area contributed by atoms with Gasteiger partial charge >= 0.3 is 12.4 Å². The van der Waals surface area contributed by atoms with Crippen molar-refractivity contribution in [1.29, 1.82) is 0 Å². The van der Waals surface area contributed by atoms with Gasteiger partial charge in [0.2, 0.25) is 11.9 Å². The van der Waals surface area contributed by atoms with Gasteiger partial charge in [0.15, 0.2) is 0 Å². The minimum Gasteiger partial charge on any atom is -0.357 e. The summed E-state index contributed by atoms with van der Waals surface area (Å²) in [4.78, 5) is 12.5. The Bertz CT molecular complexity index is 746. The van der Waals surface area contributed by atoms with E-state index in [1.54, 1.807) is 7.05 Å². The van der Waals surface area contributed by atoms with Crippen LogP contribution in [0.4, 0.5) is 43.9 Å². The van der Waals surface area contributed by atoms with Crippen molar-refractivity contribution in [3.63, 3.8) is 0 Å². The quantitative estimate of drug-likeness (QED) is 0.631. The maximum Gasteiger partial charge on any atom is 0.416 e. The lowest BCUT2D eigenvalue weighted by atomic mass is 10.2. The van der Waals surface area contributed by atoms with Crippen LogP contribution in [-0.2, 0) is 12.6 Å². The zero-order valence-electron chi connectivity index (χ0n) is 15.5. The topological polar surface area (TPSA) is 62.7 Å². The van der Waals surface area contributed by atoms with E-state index in [0.717, 1.165) is 25.5 Å². The molecule has 1 aromatic carbocycles. The molecule has 0 aliphatic heterocycles. The lowest BCUT2D eigenvalue weighted by molar-refractivity contribution is -0.137. The predicted molar refractivity (Wildman–Crippen MR) is 94.4 cm³/mol. The van der Waals surface area contributed by atoms with Gasteiger partial charge in [0.1, 0.15) is 5.82 Å². The smallest absolute Gasteiger partial charge is 0.357 e. The molecule has 0 atom stereocenters. The first-order chi connectivity index (χ1) is 13.0. The molecule has 0 saturated carbocycles. The monoisotopic (exact) mass is 409 g/mol. The van der Waals surface area contributed by atoms with E-state index in [1.165, 1.54) is 12.1 Å². The van der Waals surface area contributed by atoms with Crippen LogP contribution in [0.25, 0.3) is 0 Å². The number of hydrogen-bond donors (Lipinski definition) is 2. The van der Waals surface area contributed by atoms with Crippen molar-refractivity contribution >= 4 is 17.6 Å². The highest BCUT2D eigenvalue weighted by molar-refractivity contribution is 5.55. The van der Waals surface area contributed by atoms with Crippen molar-refractivity contribution in [3.8, 4) is 0 Å². The number of hydrogen-bond acceptors (Lipinski definition) is 5. The van der Waals surface area contributed by atoms with Crippen LogP contribution in [0.5, 0.6) is 0 Å². The third-order valence-electron chi connectivity index (χ3n) is 3.23. The standard InChI is InChI=1S/C14H16F3N5.C3H5F3/c1-3-5-11-20-12(18-2)22-13(21-11)19-10-7-4-6-9(8-10)14(15,16)17;1-2-3(4,5)6/h4,6-8H,3,5H2,1-2H3,(H2,18,19,20,21,22);2H2,1H3. The van der Waals surface area contributed by atoms with E-state index in [9.17, 15) is 26.3 Å². The summed E-state index contributed by atoms with van der Waals surface area (Å²) < 4.78 is 70.5. The van der Waals surface area contributed by atoms with Crippen LogP contribution in [0, 0.1) is 0 Å². The number of nitrogens with one attached hydrogen (secondary N) is 2. The second-order valence-corrected chi connectivity index (χ2v) is 5.57. The van der Waals surface area contributed by atoms with Gasteiger partial charge in [-0.2, -0.15) is 41.3 Å². The van der Waals surface area contributed by atoms with Gasteiger partial charge in [-0.1, -0.05) is 19.9 Å². The molecule has 2 aromatic rings. The third-order valence-corrected chi connectivity index (χ3v) is 3.23. The minimum absolute atomic E-state index is 0.210. The van der Waals surface area contributed by atoms with Crippen molar-refractivity contribution in [2.75, 3.05) is 17.7 Å². The number of aromatic nitrogens is 3. The summed E-state index contributed by atoms with van der Waals surface area (Å²) in [7, 11) is 1.67. The normalized spacial score (nSPS) is 11.5. The van der Waals surface area contributed by atoms with E-state index in [4.69, 9.17) is 0 Å².